The molecule has 1 N–H and O–H groups in total. The fourth-order valence-corrected chi connectivity index (χ4v) is 4.62. The van der Waals surface area contributed by atoms with Crippen molar-refractivity contribution < 1.29 is 0 Å². The summed E-state index contributed by atoms with van der Waals surface area (Å²) in [5, 5.41) is 3.17. The van der Waals surface area contributed by atoms with Crippen molar-refractivity contribution in [2.45, 2.75) is 13.1 Å². The van der Waals surface area contributed by atoms with Gasteiger partial charge in [0.1, 0.15) is 10.7 Å². The van der Waals surface area contributed by atoms with Crippen LogP contribution >= 0.6 is 38.9 Å². The molecule has 0 atom stereocenters. The third-order valence-corrected chi connectivity index (χ3v) is 6.17. The van der Waals surface area contributed by atoms with E-state index in [2.05, 4.69) is 42.9 Å². The molecular formula is C21H17BrClN3OS. The summed E-state index contributed by atoms with van der Waals surface area (Å²) in [7, 11) is 2.01. The number of benzene rings is 2. The zero-order valence-corrected chi connectivity index (χ0v) is 18.2. The molecule has 28 heavy (non-hydrogen) atoms. The Kier molecular flexibility index (Phi) is 5.64. The molecule has 0 radical (unpaired) electrons. The number of nitrogens with one attached hydrogen (secondary N) is 1. The second-order valence-corrected chi connectivity index (χ2v) is 8.80. The summed E-state index contributed by atoms with van der Waals surface area (Å²) in [6.07, 6.45) is 0. The minimum atomic E-state index is -0.131. The summed E-state index contributed by atoms with van der Waals surface area (Å²) in [5.41, 5.74) is 2.75. The molecule has 4 nitrogen and oxygen atoms in total. The van der Waals surface area contributed by atoms with E-state index < -0.39 is 0 Å². The van der Waals surface area contributed by atoms with Crippen LogP contribution in [-0.4, -0.2) is 21.9 Å². The lowest BCUT2D eigenvalue weighted by Crippen LogP contribution is -2.21. The normalized spacial score (nSPS) is 11.4. The van der Waals surface area contributed by atoms with Crippen LogP contribution in [0.1, 0.15) is 11.4 Å². The summed E-state index contributed by atoms with van der Waals surface area (Å²) in [4.78, 5) is 23.3. The molecule has 0 aliphatic rings. The highest BCUT2D eigenvalue weighted by molar-refractivity contribution is 9.10. The van der Waals surface area contributed by atoms with Crippen molar-refractivity contribution in [2.24, 2.45) is 0 Å². The van der Waals surface area contributed by atoms with E-state index >= 15 is 0 Å². The first-order chi connectivity index (χ1) is 13.5. The number of thiophene rings is 1. The first-order valence-electron chi connectivity index (χ1n) is 8.69. The number of H-pyrrole nitrogens is 1. The second-order valence-electron chi connectivity index (χ2n) is 6.62. The molecule has 0 saturated carbocycles. The summed E-state index contributed by atoms with van der Waals surface area (Å²) >= 11 is 11.2. The van der Waals surface area contributed by atoms with Gasteiger partial charge in [-0.25, -0.2) is 4.98 Å². The molecular weight excluding hydrogens is 458 g/mol. The van der Waals surface area contributed by atoms with Crippen LogP contribution in [0.4, 0.5) is 0 Å². The smallest absolute Gasteiger partial charge is 0.260 e. The molecule has 142 valence electrons. The maximum absolute atomic E-state index is 12.8. The number of aromatic amines is 1. The lowest BCUT2D eigenvalue weighted by atomic mass is 10.1. The minimum Gasteiger partial charge on any atom is -0.309 e. The second kappa shape index (κ2) is 8.17. The number of halogens is 2. The molecule has 2 heterocycles. The lowest BCUT2D eigenvalue weighted by Gasteiger charge is -2.16. The van der Waals surface area contributed by atoms with Crippen LogP contribution in [0.15, 0.2) is 63.2 Å². The van der Waals surface area contributed by atoms with Gasteiger partial charge >= 0.3 is 0 Å². The van der Waals surface area contributed by atoms with Crippen molar-refractivity contribution in [2.75, 3.05) is 7.05 Å². The van der Waals surface area contributed by atoms with E-state index in [1.165, 1.54) is 16.9 Å². The summed E-state index contributed by atoms with van der Waals surface area (Å²) in [6, 6.07) is 15.7. The number of hydrogen-bond donors (Lipinski definition) is 1. The number of nitrogens with zero attached hydrogens (tertiary/aromatic N) is 2. The summed E-state index contributed by atoms with van der Waals surface area (Å²) in [5.74, 6) is 0.657. The molecule has 0 bridgehead atoms. The van der Waals surface area contributed by atoms with Gasteiger partial charge < -0.3 is 4.98 Å². The monoisotopic (exact) mass is 473 g/mol. The number of rotatable bonds is 5. The van der Waals surface area contributed by atoms with Crippen molar-refractivity contribution in [3.05, 3.63) is 85.1 Å². The Labute approximate surface area is 179 Å². The average Bonchev–Trinajstić information content (AvgIpc) is 3.08. The molecule has 4 aromatic rings. The zero-order valence-electron chi connectivity index (χ0n) is 15.1. The molecule has 0 aliphatic heterocycles. The first-order valence-corrected chi connectivity index (χ1v) is 10.7. The van der Waals surface area contributed by atoms with Crippen LogP contribution in [0.3, 0.4) is 0 Å². The maximum Gasteiger partial charge on any atom is 0.260 e. The van der Waals surface area contributed by atoms with Gasteiger partial charge in [0.15, 0.2) is 0 Å². The highest BCUT2D eigenvalue weighted by atomic mass is 79.9. The fraction of sp³-hybridized carbons (Fsp3) is 0.143. The Morgan fingerprint density at radius 1 is 1.11 bits per heavy atom. The SMILES string of the molecule is CN(Cc1ccc(Br)cc1)Cc1nc2scc(-c3ccccc3Cl)c2c(=O)[nH]1. The molecule has 7 heteroatoms. The van der Waals surface area contributed by atoms with Crippen molar-refractivity contribution in [1.82, 2.24) is 14.9 Å². The van der Waals surface area contributed by atoms with E-state index in [9.17, 15) is 4.79 Å². The molecule has 0 amide bonds. The first kappa shape index (κ1) is 19.3. The van der Waals surface area contributed by atoms with Crippen molar-refractivity contribution in [1.29, 1.82) is 0 Å². The topological polar surface area (TPSA) is 49.0 Å². The van der Waals surface area contributed by atoms with Crippen LogP contribution in [-0.2, 0) is 13.1 Å². The molecule has 2 aromatic heterocycles. The summed E-state index contributed by atoms with van der Waals surface area (Å²) in [6.45, 7) is 1.32. The number of aromatic nitrogens is 2. The van der Waals surface area contributed by atoms with E-state index in [0.717, 1.165) is 27.0 Å². The van der Waals surface area contributed by atoms with Gasteiger partial charge in [0.2, 0.25) is 0 Å². The van der Waals surface area contributed by atoms with Gasteiger partial charge in [-0.05, 0) is 30.8 Å². The van der Waals surface area contributed by atoms with E-state index in [-0.39, 0.29) is 5.56 Å². The van der Waals surface area contributed by atoms with E-state index in [4.69, 9.17) is 11.6 Å². The van der Waals surface area contributed by atoms with Crippen LogP contribution in [0.2, 0.25) is 5.02 Å². The van der Waals surface area contributed by atoms with Crippen molar-refractivity contribution >= 4 is 49.1 Å². The molecule has 0 saturated heterocycles. The zero-order chi connectivity index (χ0) is 19.7. The molecule has 0 fully saturated rings. The Morgan fingerprint density at radius 3 is 2.61 bits per heavy atom. The Bertz CT molecular complexity index is 1190. The van der Waals surface area contributed by atoms with Crippen molar-refractivity contribution in [3.8, 4) is 11.1 Å². The Morgan fingerprint density at radius 2 is 1.86 bits per heavy atom. The van der Waals surface area contributed by atoms with Gasteiger partial charge in [0.25, 0.3) is 5.56 Å². The van der Waals surface area contributed by atoms with Gasteiger partial charge in [-0.3, -0.25) is 9.69 Å². The number of fused-ring (bicyclic) bond motifs is 1. The van der Waals surface area contributed by atoms with Gasteiger partial charge in [-0.2, -0.15) is 0 Å². The number of hydrogen-bond acceptors (Lipinski definition) is 4. The third-order valence-electron chi connectivity index (χ3n) is 4.44. The van der Waals surface area contributed by atoms with Crippen LogP contribution in [0.5, 0.6) is 0 Å². The highest BCUT2D eigenvalue weighted by Gasteiger charge is 2.15. The maximum atomic E-state index is 12.8. The quantitative estimate of drug-likeness (QED) is 0.404. The molecule has 0 unspecified atom stereocenters. The van der Waals surface area contributed by atoms with Gasteiger partial charge in [-0.15, -0.1) is 11.3 Å². The van der Waals surface area contributed by atoms with Crippen LogP contribution in [0, 0.1) is 0 Å². The highest BCUT2D eigenvalue weighted by Crippen LogP contribution is 2.34. The molecule has 0 aliphatic carbocycles. The van der Waals surface area contributed by atoms with Gasteiger partial charge in [-0.1, -0.05) is 57.9 Å². The molecule has 4 rings (SSSR count). The average molecular weight is 475 g/mol. The minimum absolute atomic E-state index is 0.131. The van der Waals surface area contributed by atoms with E-state index in [1.54, 1.807) is 0 Å². The third kappa shape index (κ3) is 4.05. The van der Waals surface area contributed by atoms with Crippen molar-refractivity contribution in [3.63, 3.8) is 0 Å². The van der Waals surface area contributed by atoms with Gasteiger partial charge in [0, 0.05) is 32.5 Å². The largest absolute Gasteiger partial charge is 0.309 e. The van der Waals surface area contributed by atoms with Gasteiger partial charge in [0.05, 0.1) is 11.9 Å². The fourth-order valence-electron chi connectivity index (χ4n) is 3.16. The summed E-state index contributed by atoms with van der Waals surface area (Å²) < 4.78 is 1.06. The predicted molar refractivity (Wildman–Crippen MR) is 120 cm³/mol. The van der Waals surface area contributed by atoms with E-state index in [1.807, 2.05) is 48.8 Å². The standard InChI is InChI=1S/C21H17BrClN3OS/c1-26(10-13-6-8-14(22)9-7-13)11-18-24-20(27)19-16(12-28-21(19)25-18)15-4-2-3-5-17(15)23/h2-9,12H,10-11H2,1H3,(H,24,25,27). The van der Waals surface area contributed by atoms with E-state index in [0.29, 0.717) is 22.8 Å². The molecule has 0 spiro atoms. The van der Waals surface area contributed by atoms with Crippen LogP contribution < -0.4 is 5.56 Å². The predicted octanol–water partition coefficient (Wildman–Crippen LogP) is 5.70. The Balaban J connectivity index is 1.61. The molecule has 2 aromatic carbocycles. The lowest BCUT2D eigenvalue weighted by molar-refractivity contribution is 0.311. The Hall–Kier alpha value is -1.99. The van der Waals surface area contributed by atoms with Crippen LogP contribution in [0.25, 0.3) is 21.3 Å².